The standard InChI is InChI=1S/C20H23NO5/c1-14(22)26-19-12-16(7-8-18(19)25-3)13-20(23)21-10-9-15-5-4-6-17(11-15)24-2/h4-8,11-12H,9-10,13H2,1-3H3,(H,21,23). The molecule has 0 aliphatic rings. The molecule has 0 unspecified atom stereocenters. The van der Waals surface area contributed by atoms with E-state index in [2.05, 4.69) is 5.32 Å². The van der Waals surface area contributed by atoms with E-state index in [-0.39, 0.29) is 12.3 Å². The molecule has 0 heterocycles. The lowest BCUT2D eigenvalue weighted by atomic mass is 10.1. The number of esters is 1. The SMILES string of the molecule is COc1cccc(CCNC(=O)Cc2ccc(OC)c(OC(C)=O)c2)c1. The Balaban J connectivity index is 1.89. The largest absolute Gasteiger partial charge is 0.497 e. The summed E-state index contributed by atoms with van der Waals surface area (Å²) in [7, 11) is 3.12. The van der Waals surface area contributed by atoms with Crippen molar-refractivity contribution in [3.05, 3.63) is 53.6 Å². The van der Waals surface area contributed by atoms with Gasteiger partial charge in [0.2, 0.25) is 5.91 Å². The van der Waals surface area contributed by atoms with Gasteiger partial charge in [0.1, 0.15) is 5.75 Å². The van der Waals surface area contributed by atoms with Crippen molar-refractivity contribution in [2.75, 3.05) is 20.8 Å². The molecule has 26 heavy (non-hydrogen) atoms. The molecule has 6 heteroatoms. The normalized spacial score (nSPS) is 10.1. The molecule has 138 valence electrons. The van der Waals surface area contributed by atoms with Gasteiger partial charge in [-0.2, -0.15) is 0 Å². The predicted molar refractivity (Wildman–Crippen MR) is 97.7 cm³/mol. The Morgan fingerprint density at radius 1 is 0.962 bits per heavy atom. The highest BCUT2D eigenvalue weighted by Gasteiger charge is 2.10. The van der Waals surface area contributed by atoms with Gasteiger partial charge in [0, 0.05) is 13.5 Å². The first-order valence-electron chi connectivity index (χ1n) is 8.26. The number of methoxy groups -OCH3 is 2. The van der Waals surface area contributed by atoms with Crippen molar-refractivity contribution in [1.82, 2.24) is 5.32 Å². The third kappa shape index (κ3) is 5.81. The molecule has 6 nitrogen and oxygen atoms in total. The quantitative estimate of drug-likeness (QED) is 0.580. The zero-order chi connectivity index (χ0) is 18.9. The van der Waals surface area contributed by atoms with Crippen molar-refractivity contribution in [1.29, 1.82) is 0 Å². The summed E-state index contributed by atoms with van der Waals surface area (Å²) >= 11 is 0. The highest BCUT2D eigenvalue weighted by Crippen LogP contribution is 2.28. The van der Waals surface area contributed by atoms with Crippen molar-refractivity contribution in [2.24, 2.45) is 0 Å². The molecule has 2 rings (SSSR count). The smallest absolute Gasteiger partial charge is 0.308 e. The van der Waals surface area contributed by atoms with Crippen LogP contribution < -0.4 is 19.5 Å². The van der Waals surface area contributed by atoms with Crippen LogP contribution in [0.25, 0.3) is 0 Å². The number of hydrogen-bond acceptors (Lipinski definition) is 5. The fourth-order valence-electron chi connectivity index (χ4n) is 2.49. The summed E-state index contributed by atoms with van der Waals surface area (Å²) < 4.78 is 15.4. The summed E-state index contributed by atoms with van der Waals surface area (Å²) in [5.41, 5.74) is 1.83. The summed E-state index contributed by atoms with van der Waals surface area (Å²) in [6.07, 6.45) is 0.903. The van der Waals surface area contributed by atoms with Gasteiger partial charge in [-0.25, -0.2) is 0 Å². The summed E-state index contributed by atoms with van der Waals surface area (Å²) in [5.74, 6) is 1.00. The van der Waals surface area contributed by atoms with Crippen LogP contribution in [0.2, 0.25) is 0 Å². The minimum atomic E-state index is -0.441. The third-order valence-electron chi connectivity index (χ3n) is 3.72. The van der Waals surface area contributed by atoms with E-state index in [0.717, 1.165) is 16.9 Å². The van der Waals surface area contributed by atoms with E-state index in [1.807, 2.05) is 24.3 Å². The number of ether oxygens (including phenoxy) is 3. The van der Waals surface area contributed by atoms with Gasteiger partial charge < -0.3 is 19.5 Å². The molecular weight excluding hydrogens is 334 g/mol. The monoisotopic (exact) mass is 357 g/mol. The number of amides is 1. The molecule has 1 amide bonds. The molecule has 0 spiro atoms. The maximum Gasteiger partial charge on any atom is 0.308 e. The van der Waals surface area contributed by atoms with E-state index in [1.165, 1.54) is 14.0 Å². The number of benzene rings is 2. The Morgan fingerprint density at radius 3 is 2.46 bits per heavy atom. The first-order chi connectivity index (χ1) is 12.5. The summed E-state index contributed by atoms with van der Waals surface area (Å²) in [6.45, 7) is 1.84. The van der Waals surface area contributed by atoms with Crippen LogP contribution in [0.3, 0.4) is 0 Å². The van der Waals surface area contributed by atoms with Gasteiger partial charge in [-0.3, -0.25) is 9.59 Å². The average molecular weight is 357 g/mol. The Morgan fingerprint density at radius 2 is 1.77 bits per heavy atom. The topological polar surface area (TPSA) is 73.9 Å². The second kappa shape index (κ2) is 9.46. The molecule has 0 radical (unpaired) electrons. The van der Waals surface area contributed by atoms with Crippen molar-refractivity contribution >= 4 is 11.9 Å². The second-order valence-corrected chi connectivity index (χ2v) is 5.71. The van der Waals surface area contributed by atoms with Crippen LogP contribution in [-0.4, -0.2) is 32.6 Å². The first-order valence-corrected chi connectivity index (χ1v) is 8.26. The van der Waals surface area contributed by atoms with Crippen LogP contribution in [0.15, 0.2) is 42.5 Å². The second-order valence-electron chi connectivity index (χ2n) is 5.71. The zero-order valence-electron chi connectivity index (χ0n) is 15.2. The minimum Gasteiger partial charge on any atom is -0.497 e. The number of carbonyl (C=O) groups excluding carboxylic acids is 2. The van der Waals surface area contributed by atoms with E-state index in [9.17, 15) is 9.59 Å². The molecule has 0 bridgehead atoms. The first kappa shape index (κ1) is 19.3. The van der Waals surface area contributed by atoms with Gasteiger partial charge in [-0.15, -0.1) is 0 Å². The van der Waals surface area contributed by atoms with Crippen LogP contribution in [0, 0.1) is 0 Å². The Bertz CT molecular complexity index is 773. The van der Waals surface area contributed by atoms with Gasteiger partial charge in [0.25, 0.3) is 0 Å². The number of nitrogens with one attached hydrogen (secondary N) is 1. The highest BCUT2D eigenvalue weighted by molar-refractivity contribution is 5.79. The summed E-state index contributed by atoms with van der Waals surface area (Å²) in [6, 6.07) is 12.8. The Kier molecular flexibility index (Phi) is 7.02. The molecule has 1 N–H and O–H groups in total. The fourth-order valence-corrected chi connectivity index (χ4v) is 2.49. The van der Waals surface area contributed by atoms with Gasteiger partial charge in [0.15, 0.2) is 11.5 Å². The molecule has 0 aliphatic carbocycles. The van der Waals surface area contributed by atoms with Gasteiger partial charge >= 0.3 is 5.97 Å². The van der Waals surface area contributed by atoms with Gasteiger partial charge in [0.05, 0.1) is 20.6 Å². The van der Waals surface area contributed by atoms with Crippen molar-refractivity contribution < 1.29 is 23.8 Å². The molecule has 2 aromatic rings. The lowest BCUT2D eigenvalue weighted by Gasteiger charge is -2.10. The number of carbonyl (C=O) groups is 2. The third-order valence-corrected chi connectivity index (χ3v) is 3.72. The zero-order valence-corrected chi connectivity index (χ0v) is 15.2. The van der Waals surface area contributed by atoms with Crippen molar-refractivity contribution in [2.45, 2.75) is 19.8 Å². The van der Waals surface area contributed by atoms with Crippen LogP contribution >= 0.6 is 0 Å². The van der Waals surface area contributed by atoms with E-state index in [0.29, 0.717) is 24.5 Å². The Labute approximate surface area is 153 Å². The lowest BCUT2D eigenvalue weighted by Crippen LogP contribution is -2.27. The molecule has 0 saturated carbocycles. The molecule has 0 fully saturated rings. The Hall–Kier alpha value is -3.02. The maximum absolute atomic E-state index is 12.1. The van der Waals surface area contributed by atoms with Crippen LogP contribution in [0.1, 0.15) is 18.1 Å². The van der Waals surface area contributed by atoms with E-state index < -0.39 is 5.97 Å². The molecule has 0 atom stereocenters. The summed E-state index contributed by atoms with van der Waals surface area (Å²) in [5, 5.41) is 2.89. The van der Waals surface area contributed by atoms with Crippen molar-refractivity contribution in [3.63, 3.8) is 0 Å². The van der Waals surface area contributed by atoms with Crippen LogP contribution in [0.4, 0.5) is 0 Å². The average Bonchev–Trinajstić information content (AvgIpc) is 2.61. The molecule has 0 aliphatic heterocycles. The minimum absolute atomic E-state index is 0.105. The fraction of sp³-hybridized carbons (Fsp3) is 0.300. The summed E-state index contributed by atoms with van der Waals surface area (Å²) in [4.78, 5) is 23.3. The van der Waals surface area contributed by atoms with Crippen molar-refractivity contribution in [3.8, 4) is 17.2 Å². The van der Waals surface area contributed by atoms with Crippen LogP contribution in [0.5, 0.6) is 17.2 Å². The molecule has 0 saturated heterocycles. The van der Waals surface area contributed by atoms with E-state index in [4.69, 9.17) is 14.2 Å². The van der Waals surface area contributed by atoms with Gasteiger partial charge in [-0.05, 0) is 41.8 Å². The molecule has 2 aromatic carbocycles. The molecule has 0 aromatic heterocycles. The predicted octanol–water partition coefficient (Wildman–Crippen LogP) is 2.53. The maximum atomic E-state index is 12.1. The van der Waals surface area contributed by atoms with E-state index in [1.54, 1.807) is 25.3 Å². The van der Waals surface area contributed by atoms with E-state index >= 15 is 0 Å². The lowest BCUT2D eigenvalue weighted by molar-refractivity contribution is -0.132. The van der Waals surface area contributed by atoms with Gasteiger partial charge in [-0.1, -0.05) is 18.2 Å². The van der Waals surface area contributed by atoms with Crippen LogP contribution in [-0.2, 0) is 22.4 Å². The number of rotatable bonds is 8. The molecular formula is C20H23NO5. The number of hydrogen-bond donors (Lipinski definition) is 1. The highest BCUT2D eigenvalue weighted by atomic mass is 16.6.